The summed E-state index contributed by atoms with van der Waals surface area (Å²) in [6, 6.07) is 0. The summed E-state index contributed by atoms with van der Waals surface area (Å²) in [5.41, 5.74) is 0. The van der Waals surface area contributed by atoms with E-state index in [9.17, 15) is 4.79 Å². The summed E-state index contributed by atoms with van der Waals surface area (Å²) < 4.78 is 10.1. The Hall–Kier alpha value is -0.613. The van der Waals surface area contributed by atoms with Crippen LogP contribution in [0.15, 0.2) is 12.7 Å². The minimum atomic E-state index is -0.326. The fourth-order valence-electron chi connectivity index (χ4n) is 1.24. The average molecular weight is 230 g/mol. The molecule has 0 amide bonds. The van der Waals surface area contributed by atoms with Crippen molar-refractivity contribution in [3.05, 3.63) is 12.7 Å². The highest BCUT2D eigenvalue weighted by atomic mass is 28.2. The first-order valence-corrected chi connectivity index (χ1v) is 6.34. The molecule has 88 valence electrons. The number of hydrogen-bond donors (Lipinski definition) is 0. The number of rotatable bonds is 9. The van der Waals surface area contributed by atoms with E-state index in [1.54, 1.807) is 0 Å². The van der Waals surface area contributed by atoms with E-state index < -0.39 is 0 Å². The van der Waals surface area contributed by atoms with Crippen LogP contribution in [0.4, 0.5) is 0 Å². The molecule has 3 nitrogen and oxygen atoms in total. The Kier molecular flexibility index (Phi) is 9.52. The summed E-state index contributed by atoms with van der Waals surface area (Å²) in [4.78, 5) is 10.7. The molecular formula is C11H22O3Si. The second-order valence-corrected chi connectivity index (χ2v) is 4.09. The van der Waals surface area contributed by atoms with Crippen LogP contribution in [0.2, 0.25) is 0 Å². The zero-order valence-electron chi connectivity index (χ0n) is 9.83. The molecule has 15 heavy (non-hydrogen) atoms. The van der Waals surface area contributed by atoms with E-state index in [-0.39, 0.29) is 5.97 Å². The number of carbonyl (C=O) groups is 1. The van der Waals surface area contributed by atoms with Crippen LogP contribution in [-0.2, 0) is 14.0 Å². The molecule has 0 aliphatic rings. The zero-order valence-corrected chi connectivity index (χ0v) is 11.8. The summed E-state index contributed by atoms with van der Waals surface area (Å²) in [6.07, 6.45) is 7.17. The largest absolute Gasteiger partial charge is 0.463 e. The first-order valence-electron chi connectivity index (χ1n) is 5.52. The van der Waals surface area contributed by atoms with Crippen molar-refractivity contribution < 1.29 is 14.0 Å². The second kappa shape index (κ2) is 9.92. The van der Waals surface area contributed by atoms with Gasteiger partial charge in [0.05, 0.1) is 6.61 Å². The van der Waals surface area contributed by atoms with Crippen molar-refractivity contribution in [2.24, 2.45) is 0 Å². The van der Waals surface area contributed by atoms with Gasteiger partial charge in [-0.2, -0.15) is 0 Å². The molecule has 0 saturated carbocycles. The van der Waals surface area contributed by atoms with Crippen molar-refractivity contribution in [3.8, 4) is 0 Å². The van der Waals surface area contributed by atoms with Gasteiger partial charge in [0.15, 0.2) is 0 Å². The van der Waals surface area contributed by atoms with Crippen LogP contribution in [0.3, 0.4) is 0 Å². The molecule has 0 aliphatic carbocycles. The highest BCUT2D eigenvalue weighted by Crippen LogP contribution is 2.07. The average Bonchev–Trinajstić information content (AvgIpc) is 2.26. The molecule has 1 atom stereocenters. The van der Waals surface area contributed by atoms with Gasteiger partial charge in [-0.15, -0.1) is 0 Å². The molecule has 0 N–H and O–H groups in total. The Labute approximate surface area is 95.4 Å². The van der Waals surface area contributed by atoms with Gasteiger partial charge in [-0.3, -0.25) is 0 Å². The van der Waals surface area contributed by atoms with Gasteiger partial charge in [0.1, 0.15) is 10.5 Å². The molecule has 0 fully saturated rings. The molecule has 0 heterocycles. The molecule has 0 bridgehead atoms. The lowest BCUT2D eigenvalue weighted by Gasteiger charge is -2.08. The Morgan fingerprint density at radius 3 is 2.67 bits per heavy atom. The van der Waals surface area contributed by atoms with Gasteiger partial charge in [-0.1, -0.05) is 25.8 Å². The Bertz CT molecular complexity index is 183. The fourth-order valence-corrected chi connectivity index (χ4v) is 1.47. The van der Waals surface area contributed by atoms with E-state index in [0.717, 1.165) is 29.7 Å². The fraction of sp³-hybridized carbons (Fsp3) is 0.727. The summed E-state index contributed by atoms with van der Waals surface area (Å²) in [6.45, 7) is 5.95. The zero-order chi connectivity index (χ0) is 11.5. The molecule has 0 aliphatic heterocycles. The van der Waals surface area contributed by atoms with Crippen molar-refractivity contribution in [3.63, 3.8) is 0 Å². The molecule has 0 aromatic rings. The first-order chi connectivity index (χ1) is 7.20. The van der Waals surface area contributed by atoms with Crippen LogP contribution in [0.25, 0.3) is 0 Å². The molecule has 4 heteroatoms. The van der Waals surface area contributed by atoms with Crippen molar-refractivity contribution >= 4 is 16.5 Å². The SMILES string of the molecule is C=CC(=O)OCCCCCCC(C)O[SiH3]. The van der Waals surface area contributed by atoms with Gasteiger partial charge >= 0.3 is 5.97 Å². The summed E-state index contributed by atoms with van der Waals surface area (Å²) in [5.74, 6) is -0.326. The Morgan fingerprint density at radius 2 is 2.07 bits per heavy atom. The maximum absolute atomic E-state index is 10.7. The van der Waals surface area contributed by atoms with E-state index in [4.69, 9.17) is 9.16 Å². The predicted octanol–water partition coefficient (Wildman–Crippen LogP) is 1.35. The molecular weight excluding hydrogens is 208 g/mol. The second-order valence-electron chi connectivity index (χ2n) is 3.62. The lowest BCUT2D eigenvalue weighted by Crippen LogP contribution is -2.05. The summed E-state index contributed by atoms with van der Waals surface area (Å²) in [5, 5.41) is 0. The van der Waals surface area contributed by atoms with Gasteiger partial charge < -0.3 is 9.16 Å². The summed E-state index contributed by atoms with van der Waals surface area (Å²) >= 11 is 0. The quantitative estimate of drug-likeness (QED) is 0.260. The van der Waals surface area contributed by atoms with Crippen molar-refractivity contribution in [2.45, 2.75) is 45.1 Å². The first kappa shape index (κ1) is 14.4. The van der Waals surface area contributed by atoms with Crippen molar-refractivity contribution in [1.29, 1.82) is 0 Å². The minimum absolute atomic E-state index is 0.326. The van der Waals surface area contributed by atoms with Crippen LogP contribution in [0, 0.1) is 0 Å². The Balaban J connectivity index is 3.11. The third kappa shape index (κ3) is 9.69. The third-order valence-electron chi connectivity index (χ3n) is 2.32. The van der Waals surface area contributed by atoms with Gasteiger partial charge in [0.2, 0.25) is 0 Å². The third-order valence-corrected chi connectivity index (χ3v) is 3.12. The lowest BCUT2D eigenvalue weighted by molar-refractivity contribution is -0.137. The smallest absolute Gasteiger partial charge is 0.330 e. The van der Waals surface area contributed by atoms with Crippen LogP contribution in [-0.4, -0.2) is 29.2 Å². The normalized spacial score (nSPS) is 12.3. The number of esters is 1. The summed E-state index contributed by atoms with van der Waals surface area (Å²) in [7, 11) is 0.824. The Morgan fingerprint density at radius 1 is 1.40 bits per heavy atom. The highest BCUT2D eigenvalue weighted by molar-refractivity contribution is 5.98. The van der Waals surface area contributed by atoms with Gasteiger partial charge in [0.25, 0.3) is 0 Å². The van der Waals surface area contributed by atoms with Crippen molar-refractivity contribution in [1.82, 2.24) is 0 Å². The van der Waals surface area contributed by atoms with Crippen LogP contribution in [0.1, 0.15) is 39.0 Å². The van der Waals surface area contributed by atoms with E-state index >= 15 is 0 Å². The van der Waals surface area contributed by atoms with E-state index in [1.165, 1.54) is 18.9 Å². The number of hydrogen-bond acceptors (Lipinski definition) is 3. The van der Waals surface area contributed by atoms with Gasteiger partial charge in [-0.25, -0.2) is 4.79 Å². The van der Waals surface area contributed by atoms with Crippen LogP contribution >= 0.6 is 0 Å². The molecule has 0 radical (unpaired) electrons. The van der Waals surface area contributed by atoms with E-state index in [0.29, 0.717) is 12.7 Å². The van der Waals surface area contributed by atoms with Crippen LogP contribution in [0.5, 0.6) is 0 Å². The molecule has 0 rings (SSSR count). The van der Waals surface area contributed by atoms with E-state index in [2.05, 4.69) is 13.5 Å². The lowest BCUT2D eigenvalue weighted by atomic mass is 10.1. The maximum atomic E-state index is 10.7. The molecule has 0 spiro atoms. The number of carbonyl (C=O) groups excluding carboxylic acids is 1. The topological polar surface area (TPSA) is 35.5 Å². The standard InChI is InChI=1S/C11H22O3Si/c1-3-11(12)13-9-7-5-4-6-8-10(2)14-15/h3,10H,1,4-9H2,2,15H3. The minimum Gasteiger partial charge on any atom is -0.463 e. The number of ether oxygens (including phenoxy) is 1. The van der Waals surface area contributed by atoms with Gasteiger partial charge in [0, 0.05) is 12.2 Å². The highest BCUT2D eigenvalue weighted by Gasteiger charge is 1.98. The molecule has 0 saturated heterocycles. The predicted molar refractivity (Wildman–Crippen MR) is 64.7 cm³/mol. The molecule has 0 aromatic heterocycles. The monoisotopic (exact) mass is 230 g/mol. The molecule has 0 aromatic carbocycles. The molecule has 1 unspecified atom stereocenters. The van der Waals surface area contributed by atoms with E-state index in [1.807, 2.05) is 0 Å². The van der Waals surface area contributed by atoms with Crippen LogP contribution < -0.4 is 0 Å². The van der Waals surface area contributed by atoms with Gasteiger partial charge in [-0.05, 0) is 19.8 Å². The number of unbranched alkanes of at least 4 members (excludes halogenated alkanes) is 3. The maximum Gasteiger partial charge on any atom is 0.330 e. The van der Waals surface area contributed by atoms with Crippen molar-refractivity contribution in [2.75, 3.05) is 6.61 Å².